The van der Waals surface area contributed by atoms with Gasteiger partial charge in [0.2, 0.25) is 11.8 Å². The van der Waals surface area contributed by atoms with E-state index < -0.39 is 0 Å². The van der Waals surface area contributed by atoms with Crippen molar-refractivity contribution in [1.82, 2.24) is 0 Å². The summed E-state index contributed by atoms with van der Waals surface area (Å²) in [5.74, 6) is 1.79. The van der Waals surface area contributed by atoms with Crippen molar-refractivity contribution in [3.05, 3.63) is 60.7 Å². The van der Waals surface area contributed by atoms with Crippen LogP contribution in [0.2, 0.25) is 0 Å². The summed E-state index contributed by atoms with van der Waals surface area (Å²) in [5.41, 5.74) is 0.603. The van der Waals surface area contributed by atoms with Gasteiger partial charge in [-0.05, 0) is 54.7 Å². The van der Waals surface area contributed by atoms with Gasteiger partial charge in [-0.15, -0.1) is 0 Å². The van der Waals surface area contributed by atoms with Gasteiger partial charge in [0.05, 0.1) is 24.6 Å². The van der Waals surface area contributed by atoms with Crippen LogP contribution in [-0.2, 0) is 9.59 Å². The van der Waals surface area contributed by atoms with E-state index in [0.717, 1.165) is 6.42 Å². The molecule has 5 nitrogen and oxygen atoms in total. The normalized spacial score (nSPS) is 28.0. The number of hydrogen-bond donors (Lipinski definition) is 0. The third-order valence-electron chi connectivity index (χ3n) is 5.86. The number of carbonyl (C=O) groups is 2. The van der Waals surface area contributed by atoms with Crippen LogP contribution in [-0.4, -0.2) is 18.9 Å². The molecule has 136 valence electrons. The van der Waals surface area contributed by atoms with Crippen molar-refractivity contribution >= 4 is 17.5 Å². The summed E-state index contributed by atoms with van der Waals surface area (Å²) in [6, 6.07) is 14.4. The van der Waals surface area contributed by atoms with Crippen LogP contribution in [0.3, 0.4) is 0 Å². The zero-order valence-corrected chi connectivity index (χ0v) is 14.9. The van der Waals surface area contributed by atoms with E-state index in [1.807, 2.05) is 24.3 Å². The molecule has 2 aromatic rings. The zero-order valence-electron chi connectivity index (χ0n) is 14.9. The Morgan fingerprint density at radius 2 is 1.44 bits per heavy atom. The summed E-state index contributed by atoms with van der Waals surface area (Å²) >= 11 is 0. The Morgan fingerprint density at radius 3 is 2.04 bits per heavy atom. The molecule has 4 atom stereocenters. The van der Waals surface area contributed by atoms with E-state index in [2.05, 4.69) is 12.2 Å². The largest absolute Gasteiger partial charge is 0.493 e. The molecule has 1 saturated carbocycles. The van der Waals surface area contributed by atoms with Gasteiger partial charge in [-0.3, -0.25) is 14.5 Å². The van der Waals surface area contributed by atoms with Crippen LogP contribution in [0.15, 0.2) is 60.7 Å². The fourth-order valence-electron chi connectivity index (χ4n) is 4.65. The first-order valence-corrected chi connectivity index (χ1v) is 9.14. The second-order valence-electron chi connectivity index (χ2n) is 7.26. The number of rotatable bonds is 4. The Kier molecular flexibility index (Phi) is 3.57. The Bertz CT molecular complexity index is 919. The molecule has 2 bridgehead atoms. The maximum atomic E-state index is 12.9. The Balaban J connectivity index is 1.38. The molecular weight excluding hydrogens is 342 g/mol. The van der Waals surface area contributed by atoms with E-state index in [0.29, 0.717) is 22.9 Å². The maximum Gasteiger partial charge on any atom is 0.238 e. The third-order valence-corrected chi connectivity index (χ3v) is 5.86. The lowest BCUT2D eigenvalue weighted by molar-refractivity contribution is -0.123. The molecular formula is C22H19NO4. The zero-order chi connectivity index (χ0) is 18.5. The number of anilines is 1. The van der Waals surface area contributed by atoms with Crippen molar-refractivity contribution in [3.8, 4) is 17.2 Å². The predicted molar refractivity (Wildman–Crippen MR) is 99.7 cm³/mol. The average molecular weight is 361 g/mol. The van der Waals surface area contributed by atoms with Crippen molar-refractivity contribution < 1.29 is 19.1 Å². The molecule has 2 aromatic carbocycles. The van der Waals surface area contributed by atoms with Crippen LogP contribution in [0.1, 0.15) is 6.42 Å². The number of fused-ring (bicyclic) bond motifs is 5. The van der Waals surface area contributed by atoms with Gasteiger partial charge in [-0.2, -0.15) is 0 Å². The topological polar surface area (TPSA) is 55.8 Å². The van der Waals surface area contributed by atoms with E-state index in [-0.39, 0.29) is 35.5 Å². The molecule has 5 heteroatoms. The minimum Gasteiger partial charge on any atom is -0.493 e. The highest BCUT2D eigenvalue weighted by Crippen LogP contribution is 2.53. The van der Waals surface area contributed by atoms with Crippen molar-refractivity contribution in [2.75, 3.05) is 12.0 Å². The monoisotopic (exact) mass is 361 g/mol. The Hall–Kier alpha value is -3.08. The summed E-state index contributed by atoms with van der Waals surface area (Å²) in [6.07, 6.45) is 5.14. The lowest BCUT2D eigenvalue weighted by Crippen LogP contribution is -2.32. The van der Waals surface area contributed by atoms with Crippen molar-refractivity contribution in [3.63, 3.8) is 0 Å². The number of ether oxygens (including phenoxy) is 2. The lowest BCUT2D eigenvalue weighted by atomic mass is 9.85. The average Bonchev–Trinajstić information content (AvgIpc) is 3.37. The number of methoxy groups -OCH3 is 1. The quantitative estimate of drug-likeness (QED) is 0.614. The summed E-state index contributed by atoms with van der Waals surface area (Å²) in [7, 11) is 1.59. The molecule has 1 saturated heterocycles. The van der Waals surface area contributed by atoms with Crippen molar-refractivity contribution in [1.29, 1.82) is 0 Å². The number of imide groups is 1. The molecule has 0 spiro atoms. The highest BCUT2D eigenvalue weighted by Gasteiger charge is 2.59. The molecule has 3 aliphatic rings. The van der Waals surface area contributed by atoms with E-state index in [4.69, 9.17) is 9.47 Å². The molecule has 2 aliphatic carbocycles. The molecule has 0 unspecified atom stereocenters. The predicted octanol–water partition coefficient (Wildman–Crippen LogP) is 3.80. The number of para-hydroxylation sites is 2. The second kappa shape index (κ2) is 5.98. The first-order valence-electron chi connectivity index (χ1n) is 9.14. The number of amides is 2. The van der Waals surface area contributed by atoms with E-state index in [1.165, 1.54) is 4.90 Å². The van der Waals surface area contributed by atoms with Gasteiger partial charge in [0.1, 0.15) is 5.75 Å². The minimum atomic E-state index is -0.183. The molecule has 1 heterocycles. The fourth-order valence-corrected chi connectivity index (χ4v) is 4.65. The molecule has 2 fully saturated rings. The molecule has 27 heavy (non-hydrogen) atoms. The maximum absolute atomic E-state index is 12.9. The first-order chi connectivity index (χ1) is 13.2. The van der Waals surface area contributed by atoms with Crippen LogP contribution in [0, 0.1) is 23.7 Å². The van der Waals surface area contributed by atoms with Crippen LogP contribution in [0.25, 0.3) is 0 Å². The number of benzene rings is 2. The van der Waals surface area contributed by atoms with Crippen LogP contribution < -0.4 is 14.4 Å². The summed E-state index contributed by atoms with van der Waals surface area (Å²) < 4.78 is 11.2. The van der Waals surface area contributed by atoms with Crippen LogP contribution in [0.4, 0.5) is 5.69 Å². The molecule has 5 rings (SSSR count). The highest BCUT2D eigenvalue weighted by atomic mass is 16.5. The SMILES string of the molecule is COc1ccccc1Oc1ccc(N2C(=O)[C@@H]3[C@H](C2=O)[C@H]2C=C[C@@H]3C2)cc1. The van der Waals surface area contributed by atoms with E-state index in [1.54, 1.807) is 31.4 Å². The summed E-state index contributed by atoms with van der Waals surface area (Å²) in [6.45, 7) is 0. The number of hydrogen-bond acceptors (Lipinski definition) is 4. The first kappa shape index (κ1) is 16.1. The standard InChI is InChI=1S/C22H19NO4/c1-26-17-4-2-3-5-18(17)27-16-10-8-15(9-11-16)23-21(24)19-13-6-7-14(12-13)20(19)22(23)25/h2-11,13-14,19-20H,12H2,1H3/t13-,14+,19+,20-. The Morgan fingerprint density at radius 1 is 0.852 bits per heavy atom. The van der Waals surface area contributed by atoms with Gasteiger partial charge in [0.15, 0.2) is 11.5 Å². The summed E-state index contributed by atoms with van der Waals surface area (Å²) in [4.78, 5) is 27.1. The number of allylic oxidation sites excluding steroid dienone is 2. The number of carbonyl (C=O) groups excluding carboxylic acids is 2. The second-order valence-corrected chi connectivity index (χ2v) is 7.26. The van der Waals surface area contributed by atoms with Crippen LogP contribution in [0.5, 0.6) is 17.2 Å². The van der Waals surface area contributed by atoms with Crippen molar-refractivity contribution in [2.45, 2.75) is 6.42 Å². The molecule has 0 N–H and O–H groups in total. The lowest BCUT2D eigenvalue weighted by Gasteiger charge is -2.18. The molecule has 0 radical (unpaired) electrons. The fraction of sp³-hybridized carbons (Fsp3) is 0.273. The number of nitrogens with zero attached hydrogens (tertiary/aromatic N) is 1. The van der Waals surface area contributed by atoms with Gasteiger partial charge < -0.3 is 9.47 Å². The van der Waals surface area contributed by atoms with Gasteiger partial charge in [0.25, 0.3) is 0 Å². The van der Waals surface area contributed by atoms with Crippen LogP contribution >= 0.6 is 0 Å². The van der Waals surface area contributed by atoms with Gasteiger partial charge in [-0.1, -0.05) is 24.3 Å². The summed E-state index contributed by atoms with van der Waals surface area (Å²) in [5, 5.41) is 0. The van der Waals surface area contributed by atoms with Crippen molar-refractivity contribution in [2.24, 2.45) is 23.7 Å². The molecule has 0 aromatic heterocycles. The minimum absolute atomic E-state index is 0.0692. The molecule has 1 aliphatic heterocycles. The Labute approximate surface area is 157 Å². The van der Waals surface area contributed by atoms with Gasteiger partial charge >= 0.3 is 0 Å². The van der Waals surface area contributed by atoms with Gasteiger partial charge in [-0.25, -0.2) is 0 Å². The van der Waals surface area contributed by atoms with E-state index in [9.17, 15) is 9.59 Å². The highest BCUT2D eigenvalue weighted by molar-refractivity contribution is 6.22. The van der Waals surface area contributed by atoms with Gasteiger partial charge in [0, 0.05) is 0 Å². The molecule has 2 amide bonds. The third kappa shape index (κ3) is 2.38. The smallest absolute Gasteiger partial charge is 0.238 e. The van der Waals surface area contributed by atoms with E-state index >= 15 is 0 Å².